The number of esters is 1. The molecule has 8 nitrogen and oxygen atoms in total. The number of benzene rings is 1. The fraction of sp³-hybridized carbons (Fsp3) is 0.200. The average molecular weight is 379 g/mol. The largest absolute Gasteiger partial charge is 0.459 e. The molecule has 0 N–H and O–H groups in total. The van der Waals surface area contributed by atoms with E-state index in [1.165, 1.54) is 15.0 Å². The van der Waals surface area contributed by atoms with Gasteiger partial charge in [0.05, 0.1) is 17.6 Å². The predicted octanol–water partition coefficient (Wildman–Crippen LogP) is 2.04. The molecule has 0 fully saturated rings. The Morgan fingerprint density at radius 2 is 2.00 bits per heavy atom. The summed E-state index contributed by atoms with van der Waals surface area (Å²) in [5.74, 6) is -1.02. The molecule has 0 saturated heterocycles. The van der Waals surface area contributed by atoms with Gasteiger partial charge in [-0.15, -0.1) is 0 Å². The second-order valence-corrected chi connectivity index (χ2v) is 6.42. The molecule has 8 heteroatoms. The van der Waals surface area contributed by atoms with E-state index >= 15 is 0 Å². The molecule has 0 aliphatic rings. The molecule has 142 valence electrons. The Morgan fingerprint density at radius 1 is 1.18 bits per heavy atom. The van der Waals surface area contributed by atoms with E-state index in [0.717, 1.165) is 5.56 Å². The Morgan fingerprint density at radius 3 is 2.86 bits per heavy atom. The van der Waals surface area contributed by atoms with E-state index < -0.39 is 11.7 Å². The third-order valence-corrected chi connectivity index (χ3v) is 4.35. The lowest BCUT2D eigenvalue weighted by Gasteiger charge is -2.07. The molecular formula is C20H17N3O5. The molecule has 0 unspecified atom stereocenters. The number of carbonyl (C=O) groups is 1. The highest BCUT2D eigenvalue weighted by molar-refractivity contribution is 5.73. The van der Waals surface area contributed by atoms with Crippen molar-refractivity contribution in [2.75, 3.05) is 0 Å². The molecule has 3 aromatic heterocycles. The van der Waals surface area contributed by atoms with Gasteiger partial charge in [0.1, 0.15) is 12.3 Å². The average Bonchev–Trinajstić information content (AvgIpc) is 3.00. The highest BCUT2D eigenvalue weighted by Gasteiger charge is 2.12. The summed E-state index contributed by atoms with van der Waals surface area (Å²) in [6.45, 7) is 1.91. The van der Waals surface area contributed by atoms with Crippen LogP contribution in [0.3, 0.4) is 0 Å². The number of hydrogen-bond acceptors (Lipinski definition) is 6. The monoisotopic (exact) mass is 379 g/mol. The number of oxazole rings is 1. The van der Waals surface area contributed by atoms with Gasteiger partial charge in [-0.05, 0) is 30.7 Å². The highest BCUT2D eigenvalue weighted by atomic mass is 16.5. The molecule has 0 amide bonds. The van der Waals surface area contributed by atoms with Crippen LogP contribution in [0.1, 0.15) is 17.7 Å². The first kappa shape index (κ1) is 17.7. The van der Waals surface area contributed by atoms with E-state index in [9.17, 15) is 14.4 Å². The van der Waals surface area contributed by atoms with Crippen molar-refractivity contribution in [1.29, 1.82) is 0 Å². The minimum Gasteiger partial charge on any atom is -0.459 e. The third kappa shape index (κ3) is 3.44. The van der Waals surface area contributed by atoms with Crippen LogP contribution in [-0.2, 0) is 22.7 Å². The van der Waals surface area contributed by atoms with Crippen LogP contribution in [0.2, 0.25) is 0 Å². The molecular weight excluding hydrogens is 362 g/mol. The van der Waals surface area contributed by atoms with Crippen LogP contribution in [0.25, 0.3) is 16.7 Å². The number of fused-ring (bicyclic) bond motifs is 2. The van der Waals surface area contributed by atoms with E-state index in [-0.39, 0.29) is 25.1 Å². The normalized spacial score (nSPS) is 11.2. The molecule has 0 atom stereocenters. The Hall–Kier alpha value is -3.68. The topological polar surface area (TPSA) is 95.8 Å². The molecule has 28 heavy (non-hydrogen) atoms. The lowest BCUT2D eigenvalue weighted by Crippen LogP contribution is -2.19. The zero-order chi connectivity index (χ0) is 19.7. The Labute approximate surface area is 158 Å². The van der Waals surface area contributed by atoms with Crippen LogP contribution in [0.4, 0.5) is 0 Å². The van der Waals surface area contributed by atoms with Crippen molar-refractivity contribution >= 4 is 22.7 Å². The maximum Gasteiger partial charge on any atom is 0.419 e. The summed E-state index contributed by atoms with van der Waals surface area (Å²) in [6, 6.07) is 11.9. The number of rotatable bonds is 5. The van der Waals surface area contributed by atoms with Gasteiger partial charge in [0.15, 0.2) is 5.58 Å². The van der Waals surface area contributed by atoms with Gasteiger partial charge in [0.2, 0.25) is 0 Å². The van der Waals surface area contributed by atoms with Gasteiger partial charge in [-0.3, -0.25) is 18.6 Å². The fourth-order valence-corrected chi connectivity index (χ4v) is 2.99. The smallest absolute Gasteiger partial charge is 0.419 e. The Bertz CT molecular complexity index is 1300. The van der Waals surface area contributed by atoms with Crippen molar-refractivity contribution in [3.8, 4) is 0 Å². The lowest BCUT2D eigenvalue weighted by atomic mass is 10.3. The third-order valence-electron chi connectivity index (χ3n) is 4.35. The summed E-state index contributed by atoms with van der Waals surface area (Å²) in [7, 11) is 0. The molecule has 0 aliphatic heterocycles. The van der Waals surface area contributed by atoms with E-state index in [1.54, 1.807) is 36.5 Å². The number of ether oxygens (including phenoxy) is 1. The van der Waals surface area contributed by atoms with E-state index in [4.69, 9.17) is 9.15 Å². The molecule has 0 saturated carbocycles. The minimum absolute atomic E-state index is 0.00477. The van der Waals surface area contributed by atoms with Gasteiger partial charge in [0, 0.05) is 18.8 Å². The maximum absolute atomic E-state index is 12.2. The zero-order valence-electron chi connectivity index (χ0n) is 15.1. The van der Waals surface area contributed by atoms with Crippen molar-refractivity contribution < 1.29 is 13.9 Å². The number of para-hydroxylation sites is 2. The molecule has 4 rings (SSSR count). The van der Waals surface area contributed by atoms with Gasteiger partial charge in [-0.25, -0.2) is 9.78 Å². The first-order valence-electron chi connectivity index (χ1n) is 8.74. The van der Waals surface area contributed by atoms with Crippen molar-refractivity contribution in [3.63, 3.8) is 0 Å². The van der Waals surface area contributed by atoms with E-state index in [1.807, 2.05) is 13.0 Å². The second kappa shape index (κ2) is 7.15. The van der Waals surface area contributed by atoms with Crippen molar-refractivity contribution in [2.45, 2.75) is 26.5 Å². The van der Waals surface area contributed by atoms with Crippen LogP contribution in [0, 0.1) is 6.92 Å². The van der Waals surface area contributed by atoms with E-state index in [2.05, 4.69) is 4.98 Å². The molecule has 0 spiro atoms. The zero-order valence-corrected chi connectivity index (χ0v) is 15.1. The summed E-state index contributed by atoms with van der Waals surface area (Å²) in [5, 5.41) is 0. The van der Waals surface area contributed by atoms with Crippen LogP contribution >= 0.6 is 0 Å². The fourth-order valence-electron chi connectivity index (χ4n) is 2.99. The molecule has 3 heterocycles. The van der Waals surface area contributed by atoms with Crippen LogP contribution < -0.4 is 11.3 Å². The summed E-state index contributed by atoms with van der Waals surface area (Å²) >= 11 is 0. The first-order chi connectivity index (χ1) is 13.5. The SMILES string of the molecule is Cc1ccc2nc(COC(=O)CCn3c(=O)oc4ccccc43)cc(=O)n2c1. The summed E-state index contributed by atoms with van der Waals surface area (Å²) in [5.41, 5.74) is 2.65. The first-order valence-corrected chi connectivity index (χ1v) is 8.74. The van der Waals surface area contributed by atoms with Crippen LogP contribution in [-0.4, -0.2) is 19.9 Å². The molecule has 0 bridgehead atoms. The van der Waals surface area contributed by atoms with Crippen LogP contribution in [0.5, 0.6) is 0 Å². The van der Waals surface area contributed by atoms with Crippen LogP contribution in [0.15, 0.2) is 62.7 Å². The standard InChI is InChI=1S/C20H17N3O5/c1-13-6-7-17-21-14(10-18(24)23(17)11-13)12-27-19(25)8-9-22-15-4-2-3-5-16(15)28-20(22)26/h2-7,10-11H,8-9,12H2,1H3. The van der Waals surface area contributed by atoms with Gasteiger partial charge >= 0.3 is 11.7 Å². The van der Waals surface area contributed by atoms with E-state index in [0.29, 0.717) is 22.4 Å². The molecule has 0 radical (unpaired) electrons. The Balaban J connectivity index is 1.43. The van der Waals surface area contributed by atoms with Crippen molar-refractivity contribution in [2.24, 2.45) is 0 Å². The van der Waals surface area contributed by atoms with Gasteiger partial charge in [-0.2, -0.15) is 0 Å². The second-order valence-electron chi connectivity index (χ2n) is 6.42. The molecule has 1 aromatic carbocycles. The number of pyridine rings is 1. The predicted molar refractivity (Wildman–Crippen MR) is 101 cm³/mol. The van der Waals surface area contributed by atoms with Gasteiger partial charge in [0.25, 0.3) is 5.56 Å². The number of hydrogen-bond donors (Lipinski definition) is 0. The lowest BCUT2D eigenvalue weighted by molar-refractivity contribution is -0.145. The number of aromatic nitrogens is 3. The maximum atomic E-state index is 12.2. The van der Waals surface area contributed by atoms with Gasteiger partial charge in [-0.1, -0.05) is 18.2 Å². The molecule has 4 aromatic rings. The molecule has 0 aliphatic carbocycles. The quantitative estimate of drug-likeness (QED) is 0.493. The summed E-state index contributed by atoms with van der Waals surface area (Å²) in [4.78, 5) is 40.5. The number of nitrogens with zero attached hydrogens (tertiary/aromatic N) is 3. The van der Waals surface area contributed by atoms with Crippen molar-refractivity contribution in [3.05, 3.63) is 80.8 Å². The Kier molecular flexibility index (Phi) is 4.52. The summed E-state index contributed by atoms with van der Waals surface area (Å²) < 4.78 is 13.2. The minimum atomic E-state index is -0.520. The number of aryl methyl sites for hydroxylation is 2. The van der Waals surface area contributed by atoms with Gasteiger partial charge < -0.3 is 9.15 Å². The number of carbonyl (C=O) groups excluding carboxylic acids is 1. The van der Waals surface area contributed by atoms with Crippen molar-refractivity contribution in [1.82, 2.24) is 14.0 Å². The summed E-state index contributed by atoms with van der Waals surface area (Å²) in [6.07, 6.45) is 1.70. The highest BCUT2D eigenvalue weighted by Crippen LogP contribution is 2.12.